The SMILES string of the molecule is CCCO.CN1CCC(OCC(=O)O)C1.CO.Cc1ccc(Cl)cc1. The molecular formula is C18H32ClNO5. The molecule has 0 aliphatic carbocycles. The van der Waals surface area contributed by atoms with Gasteiger partial charge >= 0.3 is 5.97 Å². The molecule has 1 aromatic rings. The lowest BCUT2D eigenvalue weighted by molar-refractivity contribution is -0.144. The molecule has 1 aliphatic rings. The fourth-order valence-electron chi connectivity index (χ4n) is 1.75. The molecule has 1 aromatic carbocycles. The van der Waals surface area contributed by atoms with Gasteiger partial charge in [0.25, 0.3) is 0 Å². The van der Waals surface area contributed by atoms with Crippen molar-refractivity contribution >= 4 is 17.6 Å². The Bertz CT molecular complexity index is 405. The van der Waals surface area contributed by atoms with Crippen LogP contribution in [0, 0.1) is 6.92 Å². The number of aryl methyl sites for hydroxylation is 1. The first-order chi connectivity index (χ1) is 11.9. The lowest BCUT2D eigenvalue weighted by Crippen LogP contribution is -2.21. The molecule has 1 atom stereocenters. The van der Waals surface area contributed by atoms with Gasteiger partial charge in [0.1, 0.15) is 6.61 Å². The highest BCUT2D eigenvalue weighted by Gasteiger charge is 2.20. The Morgan fingerprint density at radius 3 is 2.16 bits per heavy atom. The first-order valence-electron chi connectivity index (χ1n) is 8.18. The monoisotopic (exact) mass is 377 g/mol. The molecule has 1 unspecified atom stereocenters. The maximum absolute atomic E-state index is 10.1. The van der Waals surface area contributed by atoms with Crippen LogP contribution in [0.5, 0.6) is 0 Å². The Kier molecular flexibility index (Phi) is 18.4. The number of halogens is 1. The van der Waals surface area contributed by atoms with Crippen LogP contribution in [0.25, 0.3) is 0 Å². The molecule has 1 heterocycles. The van der Waals surface area contributed by atoms with Crippen LogP contribution < -0.4 is 0 Å². The van der Waals surface area contributed by atoms with Gasteiger partial charge in [0, 0.05) is 31.8 Å². The highest BCUT2D eigenvalue weighted by molar-refractivity contribution is 6.30. The van der Waals surface area contributed by atoms with Crippen molar-refractivity contribution in [2.24, 2.45) is 0 Å². The summed E-state index contributed by atoms with van der Waals surface area (Å²) in [5, 5.41) is 24.0. The fraction of sp³-hybridized carbons (Fsp3) is 0.611. The number of hydrogen-bond acceptors (Lipinski definition) is 5. The Hall–Kier alpha value is -1.18. The van der Waals surface area contributed by atoms with Crippen LogP contribution in [-0.2, 0) is 9.53 Å². The number of ether oxygens (including phenoxy) is 1. The summed E-state index contributed by atoms with van der Waals surface area (Å²) >= 11 is 5.61. The predicted octanol–water partition coefficient (Wildman–Crippen LogP) is 2.44. The standard InChI is InChI=1S/C7H7Cl.C7H13NO3.C3H8O.CH4O/c1-6-2-4-7(8)5-3-6;1-8-3-2-6(4-8)11-5-7(9)10;1-2-3-4;1-2/h2-5H,1H3;6H,2-5H2,1H3,(H,9,10);4H,2-3H2,1H3;2H,1H3. The van der Waals surface area contributed by atoms with Crippen LogP contribution in [0.2, 0.25) is 5.02 Å². The number of aliphatic carboxylic acids is 1. The van der Waals surface area contributed by atoms with Gasteiger partial charge in [-0.15, -0.1) is 0 Å². The van der Waals surface area contributed by atoms with Crippen molar-refractivity contribution in [1.29, 1.82) is 0 Å². The highest BCUT2D eigenvalue weighted by Crippen LogP contribution is 2.09. The van der Waals surface area contributed by atoms with E-state index in [1.54, 1.807) is 0 Å². The van der Waals surface area contributed by atoms with Crippen molar-refractivity contribution in [3.8, 4) is 0 Å². The van der Waals surface area contributed by atoms with E-state index in [1.807, 2.05) is 45.2 Å². The third kappa shape index (κ3) is 17.4. The zero-order valence-electron chi connectivity index (χ0n) is 15.6. The summed E-state index contributed by atoms with van der Waals surface area (Å²) in [4.78, 5) is 12.2. The molecule has 25 heavy (non-hydrogen) atoms. The average Bonchev–Trinajstić information content (AvgIpc) is 3.04. The van der Waals surface area contributed by atoms with Crippen LogP contribution in [0.15, 0.2) is 24.3 Å². The first kappa shape index (κ1) is 26.1. The molecule has 2 rings (SSSR count). The number of rotatable bonds is 4. The molecule has 0 bridgehead atoms. The van der Waals surface area contributed by atoms with Gasteiger partial charge in [0.05, 0.1) is 6.10 Å². The third-order valence-corrected chi connectivity index (χ3v) is 3.28. The van der Waals surface area contributed by atoms with Gasteiger partial charge in [0.15, 0.2) is 0 Å². The van der Waals surface area contributed by atoms with E-state index in [0.717, 1.165) is 38.1 Å². The van der Waals surface area contributed by atoms with Crippen LogP contribution >= 0.6 is 11.6 Å². The van der Waals surface area contributed by atoms with Crippen molar-refractivity contribution in [2.45, 2.75) is 32.8 Å². The minimum atomic E-state index is -0.889. The molecule has 6 nitrogen and oxygen atoms in total. The van der Waals surface area contributed by atoms with Gasteiger partial charge in [-0.3, -0.25) is 0 Å². The topological polar surface area (TPSA) is 90.2 Å². The van der Waals surface area contributed by atoms with Crippen molar-refractivity contribution in [3.05, 3.63) is 34.9 Å². The number of carboxylic acid groups (broad SMARTS) is 1. The fourth-order valence-corrected chi connectivity index (χ4v) is 1.88. The van der Waals surface area contributed by atoms with E-state index in [0.29, 0.717) is 6.61 Å². The van der Waals surface area contributed by atoms with Gasteiger partial charge in [0.2, 0.25) is 0 Å². The number of carbonyl (C=O) groups is 1. The van der Waals surface area contributed by atoms with Crippen molar-refractivity contribution in [2.75, 3.05) is 40.5 Å². The lowest BCUT2D eigenvalue weighted by atomic mass is 10.2. The summed E-state index contributed by atoms with van der Waals surface area (Å²) in [7, 11) is 3.00. The number of carboxylic acids is 1. The van der Waals surface area contributed by atoms with E-state index < -0.39 is 5.97 Å². The molecule has 1 fully saturated rings. The average molecular weight is 378 g/mol. The summed E-state index contributed by atoms with van der Waals surface area (Å²) < 4.78 is 5.09. The van der Waals surface area contributed by atoms with Crippen LogP contribution in [-0.4, -0.2) is 72.8 Å². The van der Waals surface area contributed by atoms with Crippen molar-refractivity contribution in [1.82, 2.24) is 4.90 Å². The van der Waals surface area contributed by atoms with Gasteiger partial charge < -0.3 is 25.0 Å². The molecule has 3 N–H and O–H groups in total. The Balaban J connectivity index is 0. The number of likely N-dealkylation sites (N-methyl/N-ethyl adjacent to an activating group) is 1. The third-order valence-electron chi connectivity index (χ3n) is 3.03. The number of hydrogen-bond donors (Lipinski definition) is 3. The molecule has 0 radical (unpaired) electrons. The quantitative estimate of drug-likeness (QED) is 0.746. The van der Waals surface area contributed by atoms with E-state index >= 15 is 0 Å². The van der Waals surface area contributed by atoms with Gasteiger partial charge in [-0.25, -0.2) is 4.79 Å². The second-order valence-corrected chi connectivity index (χ2v) is 5.83. The summed E-state index contributed by atoms with van der Waals surface area (Å²) in [6, 6.07) is 7.75. The Morgan fingerprint density at radius 2 is 1.84 bits per heavy atom. The van der Waals surface area contributed by atoms with Crippen LogP contribution in [0.3, 0.4) is 0 Å². The molecular weight excluding hydrogens is 346 g/mol. The number of benzene rings is 1. The molecule has 1 aliphatic heterocycles. The summed E-state index contributed by atoms with van der Waals surface area (Å²) in [6.07, 6.45) is 1.94. The summed E-state index contributed by atoms with van der Waals surface area (Å²) in [6.45, 7) is 5.98. The molecule has 0 spiro atoms. The minimum absolute atomic E-state index is 0.121. The number of nitrogens with zero attached hydrogens (tertiary/aromatic N) is 1. The van der Waals surface area contributed by atoms with Gasteiger partial charge in [-0.05, 0) is 38.9 Å². The van der Waals surface area contributed by atoms with E-state index in [1.165, 1.54) is 5.56 Å². The number of likely N-dealkylation sites (tertiary alicyclic amines) is 1. The molecule has 0 amide bonds. The van der Waals surface area contributed by atoms with Gasteiger partial charge in [-0.2, -0.15) is 0 Å². The van der Waals surface area contributed by atoms with E-state index in [9.17, 15) is 4.79 Å². The molecule has 0 aromatic heterocycles. The lowest BCUT2D eigenvalue weighted by Gasteiger charge is -2.09. The Morgan fingerprint density at radius 1 is 1.32 bits per heavy atom. The van der Waals surface area contributed by atoms with E-state index in [2.05, 4.69) is 4.90 Å². The molecule has 7 heteroatoms. The summed E-state index contributed by atoms with van der Waals surface area (Å²) in [5.41, 5.74) is 1.24. The zero-order chi connectivity index (χ0) is 19.7. The Labute approximate surface area is 156 Å². The highest BCUT2D eigenvalue weighted by atomic mass is 35.5. The second-order valence-electron chi connectivity index (χ2n) is 5.40. The molecule has 0 saturated carbocycles. The zero-order valence-corrected chi connectivity index (χ0v) is 16.4. The first-order valence-corrected chi connectivity index (χ1v) is 8.56. The maximum atomic E-state index is 10.1. The van der Waals surface area contributed by atoms with Gasteiger partial charge in [-0.1, -0.05) is 36.2 Å². The second kappa shape index (κ2) is 17.6. The molecule has 146 valence electrons. The number of aliphatic hydroxyl groups excluding tert-OH is 2. The summed E-state index contributed by atoms with van der Waals surface area (Å²) in [5.74, 6) is -0.889. The van der Waals surface area contributed by atoms with Crippen molar-refractivity contribution < 1.29 is 24.9 Å². The molecule has 1 saturated heterocycles. The predicted molar refractivity (Wildman–Crippen MR) is 101 cm³/mol. The van der Waals surface area contributed by atoms with Crippen LogP contribution in [0.1, 0.15) is 25.3 Å². The minimum Gasteiger partial charge on any atom is -0.480 e. The smallest absolute Gasteiger partial charge is 0.329 e. The normalized spacial score (nSPS) is 15.7. The van der Waals surface area contributed by atoms with E-state index in [4.69, 9.17) is 31.7 Å². The maximum Gasteiger partial charge on any atom is 0.329 e. The largest absolute Gasteiger partial charge is 0.480 e. The number of aliphatic hydroxyl groups is 2. The van der Waals surface area contributed by atoms with Crippen LogP contribution in [0.4, 0.5) is 0 Å². The van der Waals surface area contributed by atoms with E-state index in [-0.39, 0.29) is 12.7 Å². The van der Waals surface area contributed by atoms with Crippen molar-refractivity contribution in [3.63, 3.8) is 0 Å².